The van der Waals surface area contributed by atoms with Crippen molar-refractivity contribution in [1.29, 1.82) is 0 Å². The van der Waals surface area contributed by atoms with Crippen LogP contribution in [0.1, 0.15) is 52.7 Å². The number of rotatable bonds is 5. The first kappa shape index (κ1) is 39.6. The summed E-state index contributed by atoms with van der Waals surface area (Å²) >= 11 is 1.79. The van der Waals surface area contributed by atoms with Crippen LogP contribution in [0.3, 0.4) is 0 Å². The van der Waals surface area contributed by atoms with Crippen LogP contribution in [0, 0.1) is 6.07 Å². The van der Waals surface area contributed by atoms with Gasteiger partial charge in [0.05, 0.1) is 22.3 Å². The number of aromatic hydroxyl groups is 1. The van der Waals surface area contributed by atoms with Gasteiger partial charge in [0, 0.05) is 48.6 Å². The zero-order valence-corrected chi connectivity index (χ0v) is 37.5. The predicted molar refractivity (Wildman–Crippen MR) is 249 cm³/mol. The molecule has 7 aromatic carbocycles. The summed E-state index contributed by atoms with van der Waals surface area (Å²) in [6, 6.07) is 55.0. The molecule has 0 radical (unpaired) electrons. The van der Waals surface area contributed by atoms with Gasteiger partial charge in [-0.3, -0.25) is 9.55 Å². The second-order valence-electron chi connectivity index (χ2n) is 17.5. The fourth-order valence-electron chi connectivity index (χ4n) is 8.51. The Hall–Kier alpha value is -5.87. The molecular weight excluding hydrogens is 934 g/mol. The van der Waals surface area contributed by atoms with E-state index in [1.807, 2.05) is 12.3 Å². The summed E-state index contributed by atoms with van der Waals surface area (Å²) in [6.07, 6.45) is 1.92. The van der Waals surface area contributed by atoms with E-state index < -0.39 is 0 Å². The quantitative estimate of drug-likeness (QED) is 0.175. The van der Waals surface area contributed by atoms with Crippen LogP contribution >= 0.6 is 11.3 Å². The third-order valence-electron chi connectivity index (χ3n) is 11.6. The Morgan fingerprint density at radius 2 is 1.22 bits per heavy atom. The molecule has 0 bridgehead atoms. The van der Waals surface area contributed by atoms with Crippen LogP contribution in [-0.4, -0.2) is 19.6 Å². The van der Waals surface area contributed by atoms with E-state index in [0.717, 1.165) is 76.5 Å². The molecule has 0 amide bonds. The summed E-state index contributed by atoms with van der Waals surface area (Å²) in [4.78, 5) is 10.6. The van der Waals surface area contributed by atoms with Gasteiger partial charge in [0.2, 0.25) is 0 Å². The largest absolute Gasteiger partial charge is 0.507 e. The van der Waals surface area contributed by atoms with E-state index in [0.29, 0.717) is 11.4 Å². The zero-order valence-electron chi connectivity index (χ0n) is 34.4. The summed E-state index contributed by atoms with van der Waals surface area (Å²) in [6.45, 7) is 13.2. The van der Waals surface area contributed by atoms with E-state index in [1.165, 1.54) is 15.8 Å². The second kappa shape index (κ2) is 15.0. The van der Waals surface area contributed by atoms with Crippen molar-refractivity contribution in [3.63, 3.8) is 0 Å². The van der Waals surface area contributed by atoms with Crippen molar-refractivity contribution in [1.82, 2.24) is 14.5 Å². The predicted octanol–water partition coefficient (Wildman–Crippen LogP) is 14.7. The Balaban J connectivity index is 0.00000462. The van der Waals surface area contributed by atoms with Crippen molar-refractivity contribution in [2.75, 3.05) is 0 Å². The molecule has 3 heterocycles. The van der Waals surface area contributed by atoms with Crippen molar-refractivity contribution >= 4 is 53.4 Å². The number of phenolic OH excluding ortho intramolecular Hbond substituents is 1. The second-order valence-corrected chi connectivity index (χ2v) is 18.5. The molecule has 0 aliphatic carbocycles. The van der Waals surface area contributed by atoms with Crippen LogP contribution < -0.4 is 0 Å². The number of imidazole rings is 1. The van der Waals surface area contributed by atoms with Crippen LogP contribution in [0.4, 0.5) is 0 Å². The number of benzene rings is 7. The third-order valence-corrected chi connectivity index (χ3v) is 12.8. The minimum Gasteiger partial charge on any atom is -0.507 e. The molecule has 0 saturated carbocycles. The average Bonchev–Trinajstić information content (AvgIpc) is 3.82. The van der Waals surface area contributed by atoms with E-state index in [9.17, 15) is 5.11 Å². The summed E-state index contributed by atoms with van der Waals surface area (Å²) in [7, 11) is 0. The van der Waals surface area contributed by atoms with Crippen molar-refractivity contribution in [2.24, 2.45) is 0 Å². The van der Waals surface area contributed by atoms with E-state index in [2.05, 4.69) is 192 Å². The molecule has 298 valence electrons. The van der Waals surface area contributed by atoms with Gasteiger partial charge >= 0.3 is 0 Å². The molecule has 0 spiro atoms. The van der Waals surface area contributed by atoms with Gasteiger partial charge in [0.1, 0.15) is 11.6 Å². The molecule has 0 saturated heterocycles. The molecule has 60 heavy (non-hydrogen) atoms. The summed E-state index contributed by atoms with van der Waals surface area (Å²) in [5.41, 5.74) is 12.4. The number of nitrogens with zero attached hydrogens (tertiary/aromatic N) is 3. The Kier molecular flexibility index (Phi) is 9.89. The molecule has 0 atom stereocenters. The standard InChI is InChI=1S/C54H44N3OS.Pt/c1-53(2,3)35-30-43(49(58)44(31-35)54(4,5)6)52-56-47-39(25-17-27-46(47)57(52)45-26-16-15-22-36(45)33-18-9-7-10-19-33)41-32-42-48-51(59-50(42)40-24-14-13-23-38(40)41)37(28-29-55-48)34-20-11-8-12-21-34;/h7-31,58H,1-6H3;/q-1;. The molecule has 10 rings (SSSR count). The smallest absolute Gasteiger partial charge is 0.148 e. The van der Waals surface area contributed by atoms with Crippen LogP contribution in [0.5, 0.6) is 5.75 Å². The van der Waals surface area contributed by atoms with Crippen LogP contribution in [-0.2, 0) is 31.9 Å². The number of pyridine rings is 1. The molecule has 0 unspecified atom stereocenters. The minimum absolute atomic E-state index is 0. The van der Waals surface area contributed by atoms with Gasteiger partial charge in [-0.05, 0) is 62.0 Å². The molecule has 6 heteroatoms. The van der Waals surface area contributed by atoms with Gasteiger partial charge in [-0.25, -0.2) is 4.98 Å². The monoisotopic (exact) mass is 977 g/mol. The molecule has 0 aliphatic rings. The maximum Gasteiger partial charge on any atom is 0.148 e. The number of phenols is 1. The molecular formula is C54H44N3OPtS-. The SMILES string of the molecule is CC(C)(C)c1cc(-c2nc3c(-c4[c-]c5c6nccc(-c7ccccc7)c6sc5c5ccccc45)cccc3n2-c2ccccc2-c2ccccc2)c(O)c(C(C)(C)C)c1.[Pt]. The molecule has 4 nitrogen and oxygen atoms in total. The third kappa shape index (κ3) is 6.56. The number of aromatic nitrogens is 3. The number of hydrogen-bond donors (Lipinski definition) is 1. The number of para-hydroxylation sites is 2. The normalized spacial score (nSPS) is 12.1. The van der Waals surface area contributed by atoms with Gasteiger partial charge in [-0.1, -0.05) is 185 Å². The van der Waals surface area contributed by atoms with Gasteiger partial charge in [-0.15, -0.1) is 11.6 Å². The van der Waals surface area contributed by atoms with Gasteiger partial charge in [0.15, 0.2) is 0 Å². The van der Waals surface area contributed by atoms with Crippen molar-refractivity contribution < 1.29 is 26.2 Å². The van der Waals surface area contributed by atoms with Crippen LogP contribution in [0.25, 0.3) is 92.6 Å². The minimum atomic E-state index is -0.314. The van der Waals surface area contributed by atoms with Crippen molar-refractivity contribution in [3.8, 4) is 56.2 Å². The van der Waals surface area contributed by atoms with Gasteiger partial charge < -0.3 is 5.11 Å². The first-order valence-electron chi connectivity index (χ1n) is 20.2. The van der Waals surface area contributed by atoms with Gasteiger partial charge in [-0.2, -0.15) is 11.3 Å². The fraction of sp³-hybridized carbons (Fsp3) is 0.148. The van der Waals surface area contributed by atoms with E-state index >= 15 is 0 Å². The molecule has 1 N–H and O–H groups in total. The first-order chi connectivity index (χ1) is 28.5. The van der Waals surface area contributed by atoms with Gasteiger partial charge in [0.25, 0.3) is 0 Å². The molecule has 3 aromatic heterocycles. The van der Waals surface area contributed by atoms with Crippen LogP contribution in [0.15, 0.2) is 152 Å². The Bertz CT molecular complexity index is 3240. The van der Waals surface area contributed by atoms with Crippen molar-refractivity contribution in [2.45, 2.75) is 52.4 Å². The summed E-state index contributed by atoms with van der Waals surface area (Å²) in [5, 5.41) is 15.7. The summed E-state index contributed by atoms with van der Waals surface area (Å²) < 4.78 is 4.58. The molecule has 10 aromatic rings. The molecule has 0 fully saturated rings. The number of fused-ring (bicyclic) bond motifs is 6. The van der Waals surface area contributed by atoms with E-state index in [1.54, 1.807) is 11.3 Å². The Labute approximate surface area is 369 Å². The first-order valence-corrected chi connectivity index (χ1v) is 21.0. The number of hydrogen-bond acceptors (Lipinski definition) is 4. The van der Waals surface area contributed by atoms with E-state index in [4.69, 9.17) is 9.97 Å². The fourth-order valence-corrected chi connectivity index (χ4v) is 9.80. The Morgan fingerprint density at radius 3 is 1.92 bits per heavy atom. The summed E-state index contributed by atoms with van der Waals surface area (Å²) in [5.74, 6) is 0.940. The number of thiophene rings is 1. The van der Waals surface area contributed by atoms with E-state index in [-0.39, 0.29) is 37.6 Å². The Morgan fingerprint density at radius 1 is 0.583 bits per heavy atom. The maximum atomic E-state index is 12.4. The molecule has 0 aliphatic heterocycles. The topological polar surface area (TPSA) is 50.9 Å². The average molecular weight is 978 g/mol. The zero-order chi connectivity index (χ0) is 40.6. The van der Waals surface area contributed by atoms with Crippen molar-refractivity contribution in [3.05, 3.63) is 169 Å². The maximum absolute atomic E-state index is 12.4. The van der Waals surface area contributed by atoms with Crippen LogP contribution in [0.2, 0.25) is 0 Å².